The first-order valence-corrected chi connectivity index (χ1v) is 6.96. The maximum atomic E-state index is 11.2. The molecule has 1 fully saturated rings. The van der Waals surface area contributed by atoms with Crippen molar-refractivity contribution in [2.24, 2.45) is 0 Å². The van der Waals surface area contributed by atoms with Crippen molar-refractivity contribution in [3.8, 4) is 0 Å². The molecular weight excluding hydrogens is 268 g/mol. The highest BCUT2D eigenvalue weighted by molar-refractivity contribution is 7.15. The van der Waals surface area contributed by atoms with Gasteiger partial charge in [-0.3, -0.25) is 0 Å². The molecule has 2 unspecified atom stereocenters. The molecular formula is C11H14N4O3S. The second kappa shape index (κ2) is 4.78. The number of fused-ring (bicyclic) bond motifs is 1. The van der Waals surface area contributed by atoms with E-state index in [1.807, 2.05) is 0 Å². The van der Waals surface area contributed by atoms with Gasteiger partial charge < -0.3 is 20.2 Å². The van der Waals surface area contributed by atoms with E-state index >= 15 is 0 Å². The fourth-order valence-electron chi connectivity index (χ4n) is 2.52. The Labute approximate surface area is 113 Å². The number of imidazole rings is 1. The zero-order valence-electron chi connectivity index (χ0n) is 10.4. The summed E-state index contributed by atoms with van der Waals surface area (Å²) in [7, 11) is 1.70. The molecule has 0 saturated heterocycles. The van der Waals surface area contributed by atoms with E-state index in [0.29, 0.717) is 10.8 Å². The molecule has 19 heavy (non-hydrogen) atoms. The number of hydrogen-bond donors (Lipinski definition) is 1. The number of hydrogen-bond acceptors (Lipinski definition) is 6. The second-order valence-corrected chi connectivity index (χ2v) is 5.48. The standard InChI is InChI=1S/C11H14N4O3S/c1-18-8-3-2-7(6-8)12-9-10(15(16)17)14-4-5-19-11(14)13-9/h4-5,7-8,12H,2-3,6H2,1H3. The monoisotopic (exact) mass is 282 g/mol. The molecule has 2 aromatic rings. The van der Waals surface area contributed by atoms with Crippen LogP contribution in [0.3, 0.4) is 0 Å². The van der Waals surface area contributed by atoms with Crippen molar-refractivity contribution in [1.82, 2.24) is 9.38 Å². The van der Waals surface area contributed by atoms with Gasteiger partial charge in [0.1, 0.15) is 6.20 Å². The number of nitro groups is 1. The van der Waals surface area contributed by atoms with Gasteiger partial charge in [-0.2, -0.15) is 9.38 Å². The van der Waals surface area contributed by atoms with E-state index in [1.165, 1.54) is 15.7 Å². The summed E-state index contributed by atoms with van der Waals surface area (Å²) in [5, 5.41) is 16.1. The quantitative estimate of drug-likeness (QED) is 0.687. The maximum Gasteiger partial charge on any atom is 0.372 e. The molecule has 1 aliphatic carbocycles. The van der Waals surface area contributed by atoms with E-state index < -0.39 is 4.92 Å². The van der Waals surface area contributed by atoms with E-state index in [1.54, 1.807) is 18.7 Å². The van der Waals surface area contributed by atoms with Gasteiger partial charge in [-0.05, 0) is 24.2 Å². The van der Waals surface area contributed by atoms with E-state index in [4.69, 9.17) is 4.74 Å². The van der Waals surface area contributed by atoms with E-state index in [9.17, 15) is 10.1 Å². The van der Waals surface area contributed by atoms with Crippen LogP contribution >= 0.6 is 11.3 Å². The minimum atomic E-state index is -0.391. The number of methoxy groups -OCH3 is 1. The Kier molecular flexibility index (Phi) is 3.11. The Hall–Kier alpha value is -1.67. The fraction of sp³-hybridized carbons (Fsp3) is 0.545. The Morgan fingerprint density at radius 3 is 3.16 bits per heavy atom. The molecule has 3 rings (SSSR count). The first kappa shape index (κ1) is 12.4. The molecule has 0 spiro atoms. The van der Waals surface area contributed by atoms with E-state index in [-0.39, 0.29) is 18.0 Å². The van der Waals surface area contributed by atoms with Crippen LogP contribution in [0.1, 0.15) is 19.3 Å². The predicted octanol–water partition coefficient (Wildman–Crippen LogP) is 2.28. The average molecular weight is 282 g/mol. The summed E-state index contributed by atoms with van der Waals surface area (Å²) in [6.07, 6.45) is 4.69. The number of nitrogens with one attached hydrogen (secondary N) is 1. The summed E-state index contributed by atoms with van der Waals surface area (Å²) in [5.74, 6) is 0.371. The van der Waals surface area contributed by atoms with Gasteiger partial charge in [0, 0.05) is 18.5 Å². The lowest BCUT2D eigenvalue weighted by Gasteiger charge is -2.11. The first-order valence-electron chi connectivity index (χ1n) is 6.08. The summed E-state index contributed by atoms with van der Waals surface area (Å²) in [6.45, 7) is 0. The van der Waals surface area contributed by atoms with Crippen LogP contribution in [0.25, 0.3) is 4.96 Å². The lowest BCUT2D eigenvalue weighted by Crippen LogP contribution is -2.18. The Morgan fingerprint density at radius 2 is 2.47 bits per heavy atom. The molecule has 0 radical (unpaired) electrons. The third kappa shape index (κ3) is 2.17. The summed E-state index contributed by atoms with van der Waals surface area (Å²) < 4.78 is 6.81. The second-order valence-electron chi connectivity index (χ2n) is 4.61. The van der Waals surface area contributed by atoms with Crippen molar-refractivity contribution >= 4 is 27.9 Å². The molecule has 0 amide bonds. The van der Waals surface area contributed by atoms with Crippen molar-refractivity contribution in [2.45, 2.75) is 31.4 Å². The van der Waals surface area contributed by atoms with Gasteiger partial charge in [0.25, 0.3) is 4.96 Å². The summed E-state index contributed by atoms with van der Waals surface area (Å²) in [6, 6.07) is 0.188. The summed E-state index contributed by atoms with van der Waals surface area (Å²) in [5.41, 5.74) is 0. The van der Waals surface area contributed by atoms with Crippen molar-refractivity contribution in [1.29, 1.82) is 0 Å². The molecule has 8 heteroatoms. The van der Waals surface area contributed by atoms with Gasteiger partial charge in [-0.15, -0.1) is 0 Å². The normalized spacial score (nSPS) is 23.0. The van der Waals surface area contributed by atoms with Gasteiger partial charge in [-0.25, -0.2) is 0 Å². The lowest BCUT2D eigenvalue weighted by molar-refractivity contribution is -0.389. The molecule has 0 bridgehead atoms. The fourth-order valence-corrected chi connectivity index (χ4v) is 3.23. The minimum absolute atomic E-state index is 0.0112. The summed E-state index contributed by atoms with van der Waals surface area (Å²) >= 11 is 1.39. The number of aromatic nitrogens is 2. The lowest BCUT2D eigenvalue weighted by atomic mass is 10.2. The van der Waals surface area contributed by atoms with Gasteiger partial charge >= 0.3 is 5.82 Å². The molecule has 7 nitrogen and oxygen atoms in total. The van der Waals surface area contributed by atoms with Crippen LogP contribution in [-0.2, 0) is 4.74 Å². The minimum Gasteiger partial charge on any atom is -0.381 e. The average Bonchev–Trinajstić information content (AvgIpc) is 3.03. The van der Waals surface area contributed by atoms with Crippen LogP contribution in [-0.4, -0.2) is 33.6 Å². The molecule has 1 saturated carbocycles. The van der Waals surface area contributed by atoms with Gasteiger partial charge in [-0.1, -0.05) is 11.3 Å². The van der Waals surface area contributed by atoms with Crippen molar-refractivity contribution in [3.63, 3.8) is 0 Å². The molecule has 2 heterocycles. The number of rotatable bonds is 4. The molecule has 2 atom stereocenters. The highest BCUT2D eigenvalue weighted by Gasteiger charge is 2.29. The molecule has 2 aromatic heterocycles. The predicted molar refractivity (Wildman–Crippen MR) is 71.8 cm³/mol. The van der Waals surface area contributed by atoms with Crippen LogP contribution in [0.15, 0.2) is 11.6 Å². The maximum absolute atomic E-state index is 11.2. The SMILES string of the molecule is COC1CCC(Nc2nc3sccn3c2[N+](=O)[O-])C1. The smallest absolute Gasteiger partial charge is 0.372 e. The Bertz CT molecular complexity index is 608. The van der Waals surface area contributed by atoms with Gasteiger partial charge in [0.15, 0.2) is 0 Å². The van der Waals surface area contributed by atoms with Crippen LogP contribution in [0, 0.1) is 10.1 Å². The van der Waals surface area contributed by atoms with Gasteiger partial charge in [0.2, 0.25) is 5.82 Å². The van der Waals surface area contributed by atoms with Gasteiger partial charge in [0.05, 0.1) is 6.10 Å². The number of nitrogens with zero attached hydrogens (tertiary/aromatic N) is 3. The van der Waals surface area contributed by atoms with Crippen LogP contribution < -0.4 is 5.32 Å². The zero-order valence-corrected chi connectivity index (χ0v) is 11.2. The molecule has 102 valence electrons. The van der Waals surface area contributed by atoms with Crippen molar-refractivity contribution in [3.05, 3.63) is 21.7 Å². The molecule has 1 N–H and O–H groups in total. The van der Waals surface area contributed by atoms with Crippen molar-refractivity contribution in [2.75, 3.05) is 12.4 Å². The van der Waals surface area contributed by atoms with Crippen LogP contribution in [0.4, 0.5) is 11.6 Å². The topological polar surface area (TPSA) is 81.7 Å². The molecule has 0 aliphatic heterocycles. The van der Waals surface area contributed by atoms with E-state index in [0.717, 1.165) is 19.3 Å². The van der Waals surface area contributed by atoms with E-state index in [2.05, 4.69) is 10.3 Å². The van der Waals surface area contributed by atoms with Crippen LogP contribution in [0.5, 0.6) is 0 Å². The highest BCUT2D eigenvalue weighted by atomic mass is 32.1. The number of ether oxygens (including phenoxy) is 1. The summed E-state index contributed by atoms with van der Waals surface area (Å²) in [4.78, 5) is 15.7. The Balaban J connectivity index is 1.86. The number of anilines is 1. The third-order valence-corrected chi connectivity index (χ3v) is 4.23. The zero-order chi connectivity index (χ0) is 13.4. The highest BCUT2D eigenvalue weighted by Crippen LogP contribution is 2.31. The first-order chi connectivity index (χ1) is 9.19. The largest absolute Gasteiger partial charge is 0.381 e. The Morgan fingerprint density at radius 1 is 1.63 bits per heavy atom. The molecule has 1 aliphatic rings. The van der Waals surface area contributed by atoms with Crippen LogP contribution in [0.2, 0.25) is 0 Å². The number of thiazole rings is 1. The van der Waals surface area contributed by atoms with Crippen molar-refractivity contribution < 1.29 is 9.66 Å². The molecule has 0 aromatic carbocycles. The third-order valence-electron chi connectivity index (χ3n) is 3.47.